The third-order valence-corrected chi connectivity index (χ3v) is 4.71. The highest BCUT2D eigenvalue weighted by Gasteiger charge is 2.27. The van der Waals surface area contributed by atoms with Gasteiger partial charge in [0.2, 0.25) is 0 Å². The van der Waals surface area contributed by atoms with Crippen molar-refractivity contribution in [2.24, 2.45) is 0 Å². The summed E-state index contributed by atoms with van der Waals surface area (Å²) in [5.41, 5.74) is 3.79. The molecule has 0 bridgehead atoms. The van der Waals surface area contributed by atoms with Crippen LogP contribution in [0.15, 0.2) is 42.6 Å². The van der Waals surface area contributed by atoms with Gasteiger partial charge in [-0.3, -0.25) is 4.79 Å². The number of carbonyl (C=O) groups excluding carboxylic acids is 2. The highest BCUT2D eigenvalue weighted by molar-refractivity contribution is 6.09. The Morgan fingerprint density at radius 2 is 1.93 bits per heavy atom. The Morgan fingerprint density at radius 3 is 2.57 bits per heavy atom. The molecule has 0 amide bonds. The number of ether oxygens (including phenoxy) is 2. The SMILES string of the molecule is CCOC(=O)c1c(-c2cc(C(C)C)ccc2OCC)c(C=O)n2ccccc12. The molecule has 5 nitrogen and oxygen atoms in total. The fourth-order valence-electron chi connectivity index (χ4n) is 3.42. The second kappa shape index (κ2) is 8.30. The van der Waals surface area contributed by atoms with E-state index in [0.29, 0.717) is 34.7 Å². The Kier molecular flexibility index (Phi) is 5.83. The summed E-state index contributed by atoms with van der Waals surface area (Å²) >= 11 is 0. The van der Waals surface area contributed by atoms with Crippen molar-refractivity contribution < 1.29 is 19.1 Å². The number of fused-ring (bicyclic) bond motifs is 1. The smallest absolute Gasteiger partial charge is 0.340 e. The fraction of sp³-hybridized carbons (Fsp3) is 0.304. The number of esters is 1. The Labute approximate surface area is 164 Å². The third kappa shape index (κ3) is 3.40. The molecule has 0 spiro atoms. The van der Waals surface area contributed by atoms with E-state index >= 15 is 0 Å². The number of hydrogen-bond acceptors (Lipinski definition) is 4. The van der Waals surface area contributed by atoms with Crippen LogP contribution in [0.2, 0.25) is 0 Å². The highest BCUT2D eigenvalue weighted by atomic mass is 16.5. The number of aromatic nitrogens is 1. The van der Waals surface area contributed by atoms with Crippen molar-refractivity contribution in [2.45, 2.75) is 33.6 Å². The molecule has 0 N–H and O–H groups in total. The standard InChI is InChI=1S/C23H25NO4/c1-5-27-20-11-10-16(15(3)4)13-17(20)21-19(14-25)24-12-8-7-9-18(24)22(21)23(26)28-6-2/h7-15H,5-6H2,1-4H3. The largest absolute Gasteiger partial charge is 0.493 e. The van der Waals surface area contributed by atoms with Gasteiger partial charge in [0.25, 0.3) is 0 Å². The number of hydrogen-bond donors (Lipinski definition) is 0. The maximum atomic E-state index is 12.9. The van der Waals surface area contributed by atoms with Crippen LogP contribution in [0.5, 0.6) is 5.75 Å². The van der Waals surface area contributed by atoms with Crippen molar-refractivity contribution in [1.29, 1.82) is 0 Å². The molecule has 0 radical (unpaired) electrons. The zero-order valence-corrected chi connectivity index (χ0v) is 16.7. The lowest BCUT2D eigenvalue weighted by Crippen LogP contribution is -2.06. The first-order valence-electron chi connectivity index (χ1n) is 9.55. The molecular weight excluding hydrogens is 354 g/mol. The quantitative estimate of drug-likeness (QED) is 0.422. The summed E-state index contributed by atoms with van der Waals surface area (Å²) in [4.78, 5) is 25.0. The van der Waals surface area contributed by atoms with Crippen LogP contribution in [-0.2, 0) is 4.74 Å². The lowest BCUT2D eigenvalue weighted by atomic mass is 9.94. The van der Waals surface area contributed by atoms with Gasteiger partial charge in [0.15, 0.2) is 6.29 Å². The average Bonchev–Trinajstić information content (AvgIpc) is 3.02. The minimum absolute atomic E-state index is 0.253. The lowest BCUT2D eigenvalue weighted by molar-refractivity contribution is 0.0529. The van der Waals surface area contributed by atoms with Gasteiger partial charge in [-0.25, -0.2) is 4.79 Å². The maximum Gasteiger partial charge on any atom is 0.340 e. The summed E-state index contributed by atoms with van der Waals surface area (Å²) in [7, 11) is 0. The van der Waals surface area contributed by atoms with E-state index in [1.54, 1.807) is 17.5 Å². The third-order valence-electron chi connectivity index (χ3n) is 4.71. The molecular formula is C23H25NO4. The van der Waals surface area contributed by atoms with Gasteiger partial charge >= 0.3 is 5.97 Å². The molecule has 0 saturated carbocycles. The number of rotatable bonds is 7. The van der Waals surface area contributed by atoms with Crippen LogP contribution in [0.3, 0.4) is 0 Å². The van der Waals surface area contributed by atoms with Gasteiger partial charge in [-0.2, -0.15) is 0 Å². The Bertz CT molecular complexity index is 1020. The Hall–Kier alpha value is -3.08. The van der Waals surface area contributed by atoms with E-state index < -0.39 is 5.97 Å². The zero-order valence-electron chi connectivity index (χ0n) is 16.7. The molecule has 0 saturated heterocycles. The molecule has 28 heavy (non-hydrogen) atoms. The number of aldehydes is 1. The van der Waals surface area contributed by atoms with Gasteiger partial charge in [0.1, 0.15) is 5.75 Å². The van der Waals surface area contributed by atoms with E-state index in [1.807, 2.05) is 43.3 Å². The van der Waals surface area contributed by atoms with Crippen LogP contribution in [0.1, 0.15) is 60.0 Å². The topological polar surface area (TPSA) is 57.0 Å². The molecule has 3 aromatic rings. The molecule has 2 aromatic heterocycles. The summed E-state index contributed by atoms with van der Waals surface area (Å²) < 4.78 is 12.9. The predicted molar refractivity (Wildman–Crippen MR) is 109 cm³/mol. The van der Waals surface area contributed by atoms with Crippen LogP contribution >= 0.6 is 0 Å². The molecule has 5 heteroatoms. The molecule has 0 aliphatic carbocycles. The first-order chi connectivity index (χ1) is 13.5. The molecule has 0 aliphatic rings. The number of carbonyl (C=O) groups is 2. The Morgan fingerprint density at radius 1 is 1.14 bits per heavy atom. The van der Waals surface area contributed by atoms with Crippen LogP contribution < -0.4 is 4.74 Å². The van der Waals surface area contributed by atoms with Gasteiger partial charge in [0.05, 0.1) is 30.0 Å². The van der Waals surface area contributed by atoms with Gasteiger partial charge < -0.3 is 13.9 Å². The van der Waals surface area contributed by atoms with E-state index in [0.717, 1.165) is 17.4 Å². The van der Waals surface area contributed by atoms with Gasteiger partial charge in [-0.15, -0.1) is 0 Å². The molecule has 0 unspecified atom stereocenters. The first kappa shape index (κ1) is 19.7. The zero-order chi connectivity index (χ0) is 20.3. The van der Waals surface area contributed by atoms with E-state index in [-0.39, 0.29) is 12.5 Å². The van der Waals surface area contributed by atoms with E-state index in [1.165, 1.54) is 0 Å². The molecule has 1 aromatic carbocycles. The highest BCUT2D eigenvalue weighted by Crippen LogP contribution is 2.40. The first-order valence-corrected chi connectivity index (χ1v) is 9.55. The maximum absolute atomic E-state index is 12.9. The molecule has 2 heterocycles. The second-order valence-electron chi connectivity index (χ2n) is 6.77. The van der Waals surface area contributed by atoms with Gasteiger partial charge in [-0.1, -0.05) is 26.0 Å². The van der Waals surface area contributed by atoms with Gasteiger partial charge in [-0.05, 0) is 49.6 Å². The lowest BCUT2D eigenvalue weighted by Gasteiger charge is -2.15. The van der Waals surface area contributed by atoms with Crippen molar-refractivity contribution in [3.8, 4) is 16.9 Å². The number of nitrogens with zero attached hydrogens (tertiary/aromatic N) is 1. The molecule has 146 valence electrons. The predicted octanol–water partition coefficient (Wildman–Crippen LogP) is 5.12. The molecule has 0 fully saturated rings. The van der Waals surface area contributed by atoms with Crippen molar-refractivity contribution in [3.63, 3.8) is 0 Å². The van der Waals surface area contributed by atoms with Gasteiger partial charge in [0, 0.05) is 17.3 Å². The van der Waals surface area contributed by atoms with E-state index in [2.05, 4.69) is 13.8 Å². The van der Waals surface area contributed by atoms with Crippen molar-refractivity contribution in [1.82, 2.24) is 4.40 Å². The number of pyridine rings is 1. The molecule has 0 atom stereocenters. The van der Waals surface area contributed by atoms with Crippen LogP contribution in [0, 0.1) is 0 Å². The average molecular weight is 379 g/mol. The second-order valence-corrected chi connectivity index (χ2v) is 6.77. The summed E-state index contributed by atoms with van der Waals surface area (Å²) in [5.74, 6) is 0.473. The monoisotopic (exact) mass is 379 g/mol. The fourth-order valence-corrected chi connectivity index (χ4v) is 3.42. The summed E-state index contributed by atoms with van der Waals surface area (Å²) in [5, 5.41) is 0. The van der Waals surface area contributed by atoms with Crippen LogP contribution in [-0.4, -0.2) is 29.9 Å². The van der Waals surface area contributed by atoms with Crippen molar-refractivity contribution in [3.05, 3.63) is 59.4 Å². The van der Waals surface area contributed by atoms with Crippen molar-refractivity contribution in [2.75, 3.05) is 13.2 Å². The summed E-state index contributed by atoms with van der Waals surface area (Å²) in [6, 6.07) is 11.4. The normalized spacial score (nSPS) is 11.0. The summed E-state index contributed by atoms with van der Waals surface area (Å²) in [6.07, 6.45) is 2.56. The molecule has 3 rings (SSSR count). The summed E-state index contributed by atoms with van der Waals surface area (Å²) in [6.45, 7) is 8.60. The van der Waals surface area contributed by atoms with Crippen LogP contribution in [0.25, 0.3) is 16.6 Å². The van der Waals surface area contributed by atoms with E-state index in [4.69, 9.17) is 9.47 Å². The minimum atomic E-state index is -0.452. The van der Waals surface area contributed by atoms with Crippen molar-refractivity contribution >= 4 is 17.8 Å². The van der Waals surface area contributed by atoms with Crippen LogP contribution in [0.4, 0.5) is 0 Å². The van der Waals surface area contributed by atoms with E-state index in [9.17, 15) is 9.59 Å². The number of benzene rings is 1. The Balaban J connectivity index is 2.42. The molecule has 0 aliphatic heterocycles. The minimum Gasteiger partial charge on any atom is -0.493 e.